The number of aliphatic imine (C=N–C) groups is 2. The van der Waals surface area contributed by atoms with Crippen molar-refractivity contribution in [1.29, 1.82) is 0 Å². The first kappa shape index (κ1) is 76.3. The highest BCUT2D eigenvalue weighted by Gasteiger charge is 2.46. The van der Waals surface area contributed by atoms with E-state index in [0.29, 0.717) is 56.6 Å². The molecule has 588 valence electrons. The zero-order valence-electron chi connectivity index (χ0n) is 63.4. The maximum atomic E-state index is 10.6. The molecular weight excluding hydrogens is 1490 g/mol. The molecule has 22 nitrogen and oxygen atoms in total. The van der Waals surface area contributed by atoms with Gasteiger partial charge in [0.1, 0.15) is 73.5 Å². The second kappa shape index (κ2) is 33.7. The highest BCUT2D eigenvalue weighted by atomic mass is 16.7. The number of aromatic amines is 3. The summed E-state index contributed by atoms with van der Waals surface area (Å²) in [5.41, 5.74) is 22.1. The Bertz CT molecular complexity index is 6100. The summed E-state index contributed by atoms with van der Waals surface area (Å²) in [6.07, 6.45) is 6.78. The van der Waals surface area contributed by atoms with Gasteiger partial charge in [0.25, 0.3) is 0 Å². The Morgan fingerprint density at radius 3 is 1.44 bits per heavy atom. The van der Waals surface area contributed by atoms with Crippen LogP contribution in [0.1, 0.15) is 62.3 Å². The van der Waals surface area contributed by atoms with E-state index in [0.717, 1.165) is 112 Å². The van der Waals surface area contributed by atoms with E-state index in [2.05, 4.69) is 135 Å². The van der Waals surface area contributed by atoms with Gasteiger partial charge in [0.05, 0.1) is 106 Å². The number of nitrogens with one attached hydrogen (secondary N) is 4. The van der Waals surface area contributed by atoms with E-state index in [1.165, 1.54) is 0 Å². The number of hydrogen-bond donors (Lipinski definition) is 12. The van der Waals surface area contributed by atoms with Crippen molar-refractivity contribution in [2.75, 3.05) is 39.6 Å². The summed E-state index contributed by atoms with van der Waals surface area (Å²) >= 11 is 0. The molecule has 2 saturated heterocycles. The minimum Gasteiger partial charge on any atom is -0.491 e. The molecule has 0 saturated carbocycles. The highest BCUT2D eigenvalue weighted by Crippen LogP contribution is 2.42. The Morgan fingerprint density at radius 2 is 0.873 bits per heavy atom. The van der Waals surface area contributed by atoms with Crippen LogP contribution in [-0.2, 0) is 18.9 Å². The first-order chi connectivity index (χ1) is 57.9. The molecule has 16 bridgehead atoms. The van der Waals surface area contributed by atoms with Crippen LogP contribution in [0.5, 0.6) is 11.5 Å². The van der Waals surface area contributed by atoms with Gasteiger partial charge in [0.2, 0.25) is 0 Å². The fourth-order valence-corrected chi connectivity index (χ4v) is 16.1. The number of H-pyrrole nitrogens is 3. The Morgan fingerprint density at radius 1 is 0.398 bits per heavy atom. The van der Waals surface area contributed by atoms with Crippen LogP contribution >= 0.6 is 0 Å². The average Bonchev–Trinajstić information content (AvgIpc) is 1.62. The van der Waals surface area contributed by atoms with Gasteiger partial charge in [0.15, 0.2) is 12.6 Å². The minimum atomic E-state index is -1.66. The van der Waals surface area contributed by atoms with Gasteiger partial charge in [-0.15, -0.1) is 0 Å². The molecule has 8 aliphatic heterocycles. The molecule has 6 aromatic carbocycles. The second-order valence-electron chi connectivity index (χ2n) is 29.2. The molecule has 2 unspecified atom stereocenters. The van der Waals surface area contributed by atoms with Gasteiger partial charge in [-0.3, -0.25) is 4.99 Å². The van der Waals surface area contributed by atoms with Gasteiger partial charge in [0, 0.05) is 55.8 Å². The van der Waals surface area contributed by atoms with E-state index >= 15 is 0 Å². The lowest BCUT2D eigenvalue weighted by Gasteiger charge is -2.39. The number of ether oxygens (including phenoxy) is 6. The third-order valence-electron chi connectivity index (χ3n) is 21.9. The summed E-state index contributed by atoms with van der Waals surface area (Å²) in [5, 5.41) is 85.5. The largest absolute Gasteiger partial charge is 0.491 e. The highest BCUT2D eigenvalue weighted by molar-refractivity contribution is 6.32. The molecule has 22 heteroatoms. The van der Waals surface area contributed by atoms with E-state index in [-0.39, 0.29) is 38.4 Å². The number of fused-ring (bicyclic) bond motifs is 14. The molecule has 12 heterocycles. The first-order valence-corrected chi connectivity index (χ1v) is 39.0. The lowest BCUT2D eigenvalue weighted by Crippen LogP contribution is -2.59. The summed E-state index contributed by atoms with van der Waals surface area (Å²) in [6, 6.07) is 68.2. The zero-order valence-corrected chi connectivity index (χ0v) is 63.4. The summed E-state index contributed by atoms with van der Waals surface area (Å²) < 4.78 is 34.5. The Labute approximate surface area is 678 Å². The molecular formula is C96H80N8O14. The van der Waals surface area contributed by atoms with Crippen LogP contribution < -0.4 is 14.8 Å². The van der Waals surface area contributed by atoms with Crippen LogP contribution in [0.25, 0.3) is 96.5 Å². The van der Waals surface area contributed by atoms with Gasteiger partial charge < -0.3 is 89.5 Å². The van der Waals surface area contributed by atoms with Crippen molar-refractivity contribution in [3.05, 3.63) is 316 Å². The SMILES string of the molecule is OC[C@H]1O[C@H](O)[C@@H](O)[C@H](O)[C@@H]1OCCOc1ccc(/C2=C3\C=CC(N3)C(c3ccccc3)C3=N/C(=C(/C#CC#Cc4c5nc(c(-c6ccccc6)c6ccc([nH]6)c(-c6ccc(OCCO[C@H]7[C@@H](O)[C@H](O)[C@@H](O)O[C@@H]7CO)cc6)c6nc(c(-c7ccccc7)c7ccc4[nH]7)C=C6)C=C5)c4ccc([nH]4)/C(c4ccccc4)=C4/C=CC2=N4)C=C3)cc1. The zero-order chi connectivity index (χ0) is 80.3. The summed E-state index contributed by atoms with van der Waals surface area (Å²) in [5.74, 6) is 14.5. The predicted octanol–water partition coefficient (Wildman–Crippen LogP) is 11.7. The lowest BCUT2D eigenvalue weighted by atomic mass is 9.87. The molecule has 0 radical (unpaired) electrons. The van der Waals surface area contributed by atoms with E-state index in [1.807, 2.05) is 176 Å². The third kappa shape index (κ3) is 15.4. The van der Waals surface area contributed by atoms with Gasteiger partial charge in [-0.1, -0.05) is 152 Å². The van der Waals surface area contributed by atoms with Crippen molar-refractivity contribution in [3.63, 3.8) is 0 Å². The van der Waals surface area contributed by atoms with Gasteiger partial charge in [-0.25, -0.2) is 15.0 Å². The van der Waals surface area contributed by atoms with Crippen molar-refractivity contribution in [2.45, 2.75) is 73.4 Å². The second-order valence-corrected chi connectivity index (χ2v) is 29.2. The molecule has 18 rings (SSSR count). The van der Waals surface area contributed by atoms with Crippen LogP contribution in [-0.4, -0.2) is 184 Å². The predicted molar refractivity (Wildman–Crippen MR) is 452 cm³/mol. The molecule has 12 N–H and O–H groups in total. The normalized spacial score (nSPS) is 24.7. The maximum absolute atomic E-state index is 10.6. The smallest absolute Gasteiger partial charge is 0.184 e. The van der Waals surface area contributed by atoms with Crippen molar-refractivity contribution in [1.82, 2.24) is 30.2 Å². The lowest BCUT2D eigenvalue weighted by molar-refractivity contribution is -0.294. The van der Waals surface area contributed by atoms with Crippen molar-refractivity contribution < 1.29 is 69.3 Å². The number of aliphatic hydroxyl groups is 8. The standard InChI is InChI=1S/C96H80N8O14/c105-53-81-93(89(107)91(109)95(111)117-81)115-51-49-113-61-29-25-59(26-30-61)87-77-45-41-73(101-77)83(55-15-5-1-6-16-55)69-37-33-65(97-69)63(66-34-38-70(98-66)84(56-17-7-2-8-18-56)74-42-46-78(87)102-74)23-13-14-24-64-67-35-39-71(99-67)85(57-19-9-3-10-20-57)75-43-47-79(103-75)88(80-48-44-76(104-80)86(58-21-11-4-12-22-58)72-40-36-68(64)100-72)60-27-31-62(32-28-60)114-50-52-116-94-82(54-106)118-96(112)92(110)90(94)108/h1-12,15-22,25-48,73,81-83,89-96,98-99,101,104-112H,49-54H2/b65-63-,67-64?,68-64?,84-74-,85-71?,85-75?,86-72?,86-76?,87-77-,88-79?,88-80?/t73?,81-,82-,83?,89+,90+,91+,92+,93-,94-,95+,96+/m1/s1. The molecule has 0 amide bonds. The van der Waals surface area contributed by atoms with Crippen molar-refractivity contribution in [2.24, 2.45) is 9.98 Å². The van der Waals surface area contributed by atoms with Crippen molar-refractivity contribution in [3.8, 4) is 68.6 Å². The Kier molecular flexibility index (Phi) is 21.8. The van der Waals surface area contributed by atoms with Crippen LogP contribution in [0.15, 0.2) is 270 Å². The molecule has 10 aromatic rings. The Hall–Kier alpha value is -13.0. The topological polar surface area (TPSA) is 327 Å². The van der Waals surface area contributed by atoms with Crippen LogP contribution in [0.2, 0.25) is 0 Å². The molecule has 118 heavy (non-hydrogen) atoms. The van der Waals surface area contributed by atoms with E-state index in [4.69, 9.17) is 48.4 Å². The number of aromatic nitrogens is 5. The number of hydrogen-bond acceptors (Lipinski definition) is 19. The van der Waals surface area contributed by atoms with E-state index < -0.39 is 74.6 Å². The number of benzene rings is 6. The van der Waals surface area contributed by atoms with Gasteiger partial charge in [-0.05, 0) is 172 Å². The third-order valence-corrected chi connectivity index (χ3v) is 21.9. The Balaban J connectivity index is 0.720. The molecule has 8 aliphatic rings. The summed E-state index contributed by atoms with van der Waals surface area (Å²) in [4.78, 5) is 33.4. The van der Waals surface area contributed by atoms with Crippen LogP contribution in [0, 0.1) is 23.7 Å². The molecule has 0 aliphatic carbocycles. The average molecular weight is 1570 g/mol. The number of nitrogens with zero attached hydrogens (tertiary/aromatic N) is 4. The van der Waals surface area contributed by atoms with Gasteiger partial charge >= 0.3 is 0 Å². The molecule has 2 fully saturated rings. The summed E-state index contributed by atoms with van der Waals surface area (Å²) in [6.45, 7) is -0.958. The fraction of sp³-hybridized carbons (Fsp3) is 0.188. The van der Waals surface area contributed by atoms with Crippen LogP contribution in [0.4, 0.5) is 0 Å². The number of rotatable bonds is 18. The molecule has 12 atom stereocenters. The molecule has 0 spiro atoms. The minimum absolute atomic E-state index is 0.00986. The summed E-state index contributed by atoms with van der Waals surface area (Å²) in [7, 11) is 0. The molecule has 4 aromatic heterocycles. The number of aliphatic hydroxyl groups excluding tert-OH is 8. The maximum Gasteiger partial charge on any atom is 0.184 e. The van der Waals surface area contributed by atoms with E-state index in [9.17, 15) is 40.9 Å². The first-order valence-electron chi connectivity index (χ1n) is 39.0. The number of allylic oxidation sites excluding steroid dienone is 7. The van der Waals surface area contributed by atoms with Gasteiger partial charge in [-0.2, -0.15) is 0 Å². The van der Waals surface area contributed by atoms with Crippen LogP contribution in [0.3, 0.4) is 0 Å². The quantitative estimate of drug-likeness (QED) is 0.0280. The fourth-order valence-electron chi connectivity index (χ4n) is 16.1. The van der Waals surface area contributed by atoms with Crippen molar-refractivity contribution >= 4 is 74.5 Å². The monoisotopic (exact) mass is 1570 g/mol. The van der Waals surface area contributed by atoms with E-state index in [1.54, 1.807) is 0 Å².